The molecule has 2 saturated carbocycles. The molecule has 3 amide bonds. The Labute approximate surface area is 152 Å². The quantitative estimate of drug-likeness (QED) is 0.771. The first-order chi connectivity index (χ1) is 12.0. The van der Waals surface area contributed by atoms with Gasteiger partial charge in [0.25, 0.3) is 0 Å². The third-order valence-corrected chi connectivity index (χ3v) is 6.22. The fourth-order valence-corrected chi connectivity index (χ4v) is 4.83. The molecule has 1 aliphatic heterocycles. The summed E-state index contributed by atoms with van der Waals surface area (Å²) >= 11 is 6.17. The van der Waals surface area contributed by atoms with Crippen molar-refractivity contribution in [1.29, 1.82) is 0 Å². The van der Waals surface area contributed by atoms with Crippen LogP contribution in [0.25, 0.3) is 0 Å². The monoisotopic (exact) mass is 361 g/mol. The van der Waals surface area contributed by atoms with E-state index in [9.17, 15) is 9.59 Å². The van der Waals surface area contributed by atoms with Crippen molar-refractivity contribution in [2.45, 2.75) is 50.1 Å². The Balaban J connectivity index is 1.44. The zero-order valence-electron chi connectivity index (χ0n) is 14.2. The Morgan fingerprint density at radius 1 is 1.28 bits per heavy atom. The van der Waals surface area contributed by atoms with Crippen molar-refractivity contribution in [1.82, 2.24) is 16.0 Å². The molecule has 4 rings (SSSR count). The molecule has 1 aromatic rings. The number of carbonyl (C=O) groups is 2. The van der Waals surface area contributed by atoms with Crippen LogP contribution in [0.2, 0.25) is 5.02 Å². The molecule has 1 saturated heterocycles. The maximum Gasteiger partial charge on any atom is 0.315 e. The minimum Gasteiger partial charge on any atom is -0.349 e. The summed E-state index contributed by atoms with van der Waals surface area (Å²) in [5, 5.41) is 9.74. The van der Waals surface area contributed by atoms with Crippen LogP contribution < -0.4 is 16.0 Å². The largest absolute Gasteiger partial charge is 0.349 e. The number of carbonyl (C=O) groups excluding carboxylic acids is 2. The lowest BCUT2D eigenvalue weighted by molar-refractivity contribution is -0.131. The first-order valence-corrected chi connectivity index (χ1v) is 9.54. The van der Waals surface area contributed by atoms with E-state index in [4.69, 9.17) is 11.6 Å². The molecule has 1 heterocycles. The van der Waals surface area contributed by atoms with Gasteiger partial charge in [0.15, 0.2) is 0 Å². The van der Waals surface area contributed by atoms with Crippen LogP contribution in [0.3, 0.4) is 0 Å². The van der Waals surface area contributed by atoms with E-state index in [0.717, 1.165) is 18.4 Å². The molecule has 25 heavy (non-hydrogen) atoms. The summed E-state index contributed by atoms with van der Waals surface area (Å²) in [4.78, 5) is 24.2. The Hall–Kier alpha value is -1.75. The summed E-state index contributed by atoms with van der Waals surface area (Å²) in [7, 11) is 0. The number of rotatable bonds is 4. The van der Waals surface area contributed by atoms with E-state index in [1.165, 1.54) is 12.8 Å². The number of urea groups is 1. The summed E-state index contributed by atoms with van der Waals surface area (Å²) in [5.41, 5.74) is 0.885. The number of benzene rings is 1. The molecule has 5 nitrogen and oxygen atoms in total. The molecule has 1 spiro atoms. The van der Waals surface area contributed by atoms with Gasteiger partial charge in [-0.3, -0.25) is 4.79 Å². The van der Waals surface area contributed by atoms with Gasteiger partial charge in [-0.05, 0) is 49.3 Å². The van der Waals surface area contributed by atoms with E-state index < -0.39 is 0 Å². The van der Waals surface area contributed by atoms with E-state index in [0.29, 0.717) is 30.3 Å². The Morgan fingerprint density at radius 2 is 2.04 bits per heavy atom. The lowest BCUT2D eigenvalue weighted by atomic mass is 9.68. The van der Waals surface area contributed by atoms with Gasteiger partial charge >= 0.3 is 6.03 Å². The van der Waals surface area contributed by atoms with Gasteiger partial charge in [0.1, 0.15) is 0 Å². The predicted molar refractivity (Wildman–Crippen MR) is 96.3 cm³/mol. The third kappa shape index (κ3) is 3.34. The standard InChI is InChI=1S/C19H24ClN3O2/c20-15-7-3-6-13(8-15)16(12-4-1-2-5-12)22-17(24)14-9-19(10-14)11-21-18(25)23-19/h3,6-8,12,14,16H,1-2,4-5,9-11H2,(H,22,24)(H2,21,23,25)/t14?,16-,19?/m0/s1. The van der Waals surface area contributed by atoms with Crippen molar-refractivity contribution in [3.8, 4) is 0 Å². The maximum absolute atomic E-state index is 12.8. The van der Waals surface area contributed by atoms with Crippen molar-refractivity contribution in [2.75, 3.05) is 6.54 Å². The average Bonchev–Trinajstić information content (AvgIpc) is 3.20. The number of nitrogens with one attached hydrogen (secondary N) is 3. The topological polar surface area (TPSA) is 70.2 Å². The lowest BCUT2D eigenvalue weighted by Crippen LogP contribution is -2.58. The lowest BCUT2D eigenvalue weighted by Gasteiger charge is -2.43. The number of amides is 3. The molecular weight excluding hydrogens is 338 g/mol. The van der Waals surface area contributed by atoms with Gasteiger partial charge in [-0.25, -0.2) is 4.79 Å². The second-order valence-electron chi connectivity index (χ2n) is 7.78. The van der Waals surface area contributed by atoms with Gasteiger partial charge in [-0.15, -0.1) is 0 Å². The van der Waals surface area contributed by atoms with E-state index in [1.54, 1.807) is 0 Å². The molecular formula is C19H24ClN3O2. The second kappa shape index (κ2) is 6.52. The summed E-state index contributed by atoms with van der Waals surface area (Å²) in [6.45, 7) is 0.621. The molecule has 0 bridgehead atoms. The summed E-state index contributed by atoms with van der Waals surface area (Å²) in [6, 6.07) is 7.74. The first-order valence-electron chi connectivity index (χ1n) is 9.17. The molecule has 6 heteroatoms. The normalized spacial score (nSPS) is 29.8. The highest BCUT2D eigenvalue weighted by Gasteiger charge is 2.51. The van der Waals surface area contributed by atoms with Gasteiger partial charge in [-0.1, -0.05) is 36.6 Å². The molecule has 0 radical (unpaired) electrons. The zero-order valence-corrected chi connectivity index (χ0v) is 14.9. The van der Waals surface area contributed by atoms with Crippen molar-refractivity contribution in [2.24, 2.45) is 11.8 Å². The number of halogens is 1. The van der Waals surface area contributed by atoms with Crippen molar-refractivity contribution in [3.63, 3.8) is 0 Å². The van der Waals surface area contributed by atoms with Crippen molar-refractivity contribution < 1.29 is 9.59 Å². The second-order valence-corrected chi connectivity index (χ2v) is 8.22. The minimum absolute atomic E-state index is 0.0247. The molecule has 3 aliphatic rings. The van der Waals surface area contributed by atoms with Crippen LogP contribution in [-0.4, -0.2) is 24.0 Å². The van der Waals surface area contributed by atoms with Crippen LogP contribution >= 0.6 is 11.6 Å². The Morgan fingerprint density at radius 3 is 2.68 bits per heavy atom. The molecule has 1 aromatic carbocycles. The molecule has 3 N–H and O–H groups in total. The van der Waals surface area contributed by atoms with E-state index in [2.05, 4.69) is 22.0 Å². The number of hydrogen-bond acceptors (Lipinski definition) is 2. The highest BCUT2D eigenvalue weighted by Crippen LogP contribution is 2.41. The van der Waals surface area contributed by atoms with E-state index in [-0.39, 0.29) is 29.4 Å². The molecule has 1 atom stereocenters. The molecule has 2 aliphatic carbocycles. The highest BCUT2D eigenvalue weighted by molar-refractivity contribution is 6.30. The highest BCUT2D eigenvalue weighted by atomic mass is 35.5. The Kier molecular flexibility index (Phi) is 4.36. The van der Waals surface area contributed by atoms with Crippen LogP contribution in [0.15, 0.2) is 24.3 Å². The fraction of sp³-hybridized carbons (Fsp3) is 0.579. The van der Waals surface area contributed by atoms with Crippen LogP contribution in [0.5, 0.6) is 0 Å². The van der Waals surface area contributed by atoms with Gasteiger partial charge in [0.05, 0.1) is 11.6 Å². The van der Waals surface area contributed by atoms with Crippen LogP contribution in [0.1, 0.15) is 50.1 Å². The van der Waals surface area contributed by atoms with Crippen molar-refractivity contribution >= 4 is 23.5 Å². The summed E-state index contributed by atoms with van der Waals surface area (Å²) in [5.74, 6) is 0.552. The maximum atomic E-state index is 12.8. The smallest absolute Gasteiger partial charge is 0.315 e. The van der Waals surface area contributed by atoms with Crippen LogP contribution in [0.4, 0.5) is 4.79 Å². The molecule has 0 unspecified atom stereocenters. The van der Waals surface area contributed by atoms with Gasteiger partial charge < -0.3 is 16.0 Å². The van der Waals surface area contributed by atoms with Crippen LogP contribution in [-0.2, 0) is 4.79 Å². The zero-order chi connectivity index (χ0) is 17.4. The van der Waals surface area contributed by atoms with E-state index >= 15 is 0 Å². The summed E-state index contributed by atoms with van der Waals surface area (Å²) in [6.07, 6.45) is 6.16. The van der Waals surface area contributed by atoms with E-state index in [1.807, 2.05) is 18.2 Å². The minimum atomic E-state index is -0.210. The number of hydrogen-bond donors (Lipinski definition) is 3. The predicted octanol–water partition coefficient (Wildman–Crippen LogP) is 3.15. The third-order valence-electron chi connectivity index (χ3n) is 5.99. The first kappa shape index (κ1) is 16.7. The van der Waals surface area contributed by atoms with Gasteiger partial charge in [0, 0.05) is 17.5 Å². The molecule has 0 aromatic heterocycles. The fourth-order valence-electron chi connectivity index (χ4n) is 4.63. The molecule has 134 valence electrons. The van der Waals surface area contributed by atoms with Crippen LogP contribution in [0, 0.1) is 11.8 Å². The molecule has 3 fully saturated rings. The van der Waals surface area contributed by atoms with Gasteiger partial charge in [-0.2, -0.15) is 0 Å². The Bertz CT molecular complexity index is 681. The van der Waals surface area contributed by atoms with Gasteiger partial charge in [0.2, 0.25) is 5.91 Å². The van der Waals surface area contributed by atoms with Crippen molar-refractivity contribution in [3.05, 3.63) is 34.9 Å². The average molecular weight is 362 g/mol. The summed E-state index contributed by atoms with van der Waals surface area (Å²) < 4.78 is 0. The SMILES string of the molecule is O=C1NCC2(CC(C(=O)N[C@H](c3cccc(Cl)c3)C3CCCC3)C2)N1.